The van der Waals surface area contributed by atoms with E-state index in [1.54, 1.807) is 0 Å². The molecule has 0 aliphatic carbocycles. The Labute approximate surface area is 150 Å². The third kappa shape index (κ3) is 6.92. The number of hydrogen-bond donors (Lipinski definition) is 3. The van der Waals surface area contributed by atoms with E-state index in [2.05, 4.69) is 10.6 Å². The van der Waals surface area contributed by atoms with Crippen molar-refractivity contribution in [1.82, 2.24) is 5.32 Å². The molecule has 0 heterocycles. The van der Waals surface area contributed by atoms with Gasteiger partial charge >= 0.3 is 11.7 Å². The largest absolute Gasteiger partial charge is 0.480 e. The minimum atomic E-state index is -4.68. The van der Waals surface area contributed by atoms with Crippen LogP contribution in [-0.4, -0.2) is 43.7 Å². The van der Waals surface area contributed by atoms with Gasteiger partial charge < -0.3 is 10.4 Å². The van der Waals surface area contributed by atoms with E-state index in [0.29, 0.717) is 12.8 Å². The number of hydrogen-bond acceptors (Lipinski definition) is 5. The zero-order valence-electron chi connectivity index (χ0n) is 13.2. The van der Waals surface area contributed by atoms with Crippen LogP contribution in [-0.2, 0) is 19.4 Å². The molecule has 1 unspecified atom stereocenters. The van der Waals surface area contributed by atoms with Crippen molar-refractivity contribution in [3.05, 3.63) is 24.3 Å². The van der Waals surface area contributed by atoms with Gasteiger partial charge in [0, 0.05) is 5.69 Å². The van der Waals surface area contributed by atoms with Gasteiger partial charge in [-0.15, -0.1) is 12.4 Å². The van der Waals surface area contributed by atoms with Crippen LogP contribution in [0.1, 0.15) is 19.8 Å². The number of halogens is 3. The Hall–Kier alpha value is -1.78. The quantitative estimate of drug-likeness (QED) is 0.583. The third-order valence-corrected chi connectivity index (χ3v) is 4.48. The number of carbonyl (C=O) groups is 2. The summed E-state index contributed by atoms with van der Waals surface area (Å²) in [6, 6.07) is 3.42. The Morgan fingerprint density at radius 1 is 1.20 bits per heavy atom. The van der Waals surface area contributed by atoms with Crippen molar-refractivity contribution < 1.29 is 31.9 Å². The van der Waals surface area contributed by atoms with Gasteiger partial charge in [0.2, 0.25) is 15.7 Å². The van der Waals surface area contributed by atoms with Crippen LogP contribution in [0, 0.1) is 0 Å². The second-order valence-electron chi connectivity index (χ2n) is 4.94. The highest BCUT2D eigenvalue weighted by molar-refractivity contribution is 7.91. The van der Waals surface area contributed by atoms with Crippen molar-refractivity contribution in [3.8, 4) is 0 Å². The summed E-state index contributed by atoms with van der Waals surface area (Å²) in [6.07, 6.45) is 0.995. The molecule has 0 radical (unpaired) electrons. The summed E-state index contributed by atoms with van der Waals surface area (Å²) in [4.78, 5) is 22.1. The molecule has 0 bridgehead atoms. The first-order valence-electron chi connectivity index (χ1n) is 7.06. The Bertz CT molecular complexity index is 683. The van der Waals surface area contributed by atoms with Crippen LogP contribution in [0.25, 0.3) is 0 Å². The summed E-state index contributed by atoms with van der Waals surface area (Å²) >= 11 is 0. The van der Waals surface area contributed by atoms with Gasteiger partial charge in [-0.3, -0.25) is 14.9 Å². The van der Waals surface area contributed by atoms with Crippen LogP contribution in [0.5, 0.6) is 0 Å². The maximum atomic E-state index is 12.4. The summed E-state index contributed by atoms with van der Waals surface area (Å²) in [5.74, 6) is -5.12. The summed E-state index contributed by atoms with van der Waals surface area (Å²) in [5.41, 5.74) is 0.206. The molecule has 0 fully saturated rings. The average Bonchev–Trinajstić information content (AvgIpc) is 2.51. The van der Waals surface area contributed by atoms with Crippen LogP contribution in [0.4, 0.5) is 14.5 Å². The number of carboxylic acid groups (broad SMARTS) is 1. The predicted octanol–water partition coefficient (Wildman–Crippen LogP) is 1.89. The number of carboxylic acids is 1. The summed E-state index contributed by atoms with van der Waals surface area (Å²) < 4.78 is 47.3. The smallest absolute Gasteiger partial charge is 0.341 e. The van der Waals surface area contributed by atoms with Gasteiger partial charge in [-0.05, 0) is 30.7 Å². The Kier molecular flexibility index (Phi) is 9.53. The van der Waals surface area contributed by atoms with Gasteiger partial charge in [0.25, 0.3) is 0 Å². The van der Waals surface area contributed by atoms with Gasteiger partial charge in [-0.1, -0.05) is 13.3 Å². The van der Waals surface area contributed by atoms with Crippen molar-refractivity contribution in [2.24, 2.45) is 0 Å². The number of amides is 1. The second-order valence-corrected chi connectivity index (χ2v) is 6.86. The number of anilines is 1. The van der Waals surface area contributed by atoms with E-state index in [4.69, 9.17) is 5.11 Å². The average molecular weight is 401 g/mol. The Morgan fingerprint density at radius 3 is 2.20 bits per heavy atom. The molecule has 7 nitrogen and oxygen atoms in total. The number of benzene rings is 1. The minimum Gasteiger partial charge on any atom is -0.480 e. The molecular formula is C14H19ClF2N2O5S. The molecule has 1 rings (SSSR count). The van der Waals surface area contributed by atoms with Crippen molar-refractivity contribution in [2.45, 2.75) is 36.5 Å². The highest BCUT2D eigenvalue weighted by atomic mass is 35.5. The van der Waals surface area contributed by atoms with E-state index in [-0.39, 0.29) is 24.6 Å². The fourth-order valence-corrected chi connectivity index (χ4v) is 2.57. The van der Waals surface area contributed by atoms with Gasteiger partial charge in [0.05, 0.1) is 11.4 Å². The van der Waals surface area contributed by atoms with Crippen molar-refractivity contribution in [2.75, 3.05) is 11.9 Å². The Morgan fingerprint density at radius 2 is 1.76 bits per heavy atom. The van der Waals surface area contributed by atoms with Crippen molar-refractivity contribution >= 4 is 39.8 Å². The molecule has 0 aromatic heterocycles. The van der Waals surface area contributed by atoms with Crippen LogP contribution < -0.4 is 10.6 Å². The molecule has 11 heteroatoms. The van der Waals surface area contributed by atoms with E-state index in [9.17, 15) is 26.8 Å². The highest BCUT2D eigenvalue weighted by Gasteiger charge is 2.26. The van der Waals surface area contributed by atoms with E-state index >= 15 is 0 Å². The van der Waals surface area contributed by atoms with Crippen molar-refractivity contribution in [1.29, 1.82) is 0 Å². The molecule has 0 saturated heterocycles. The van der Waals surface area contributed by atoms with Gasteiger partial charge in [-0.2, -0.15) is 8.78 Å². The standard InChI is InChI=1S/C14H18F2N2O5S.ClH/c1-2-3-11(13(20)21)17-8-12(19)18-9-4-6-10(7-5-9)24(22,23)14(15)16;/h4-7,11,14,17H,2-3,8H2,1H3,(H,18,19)(H,20,21);1H. The van der Waals surface area contributed by atoms with Crippen LogP contribution >= 0.6 is 12.4 Å². The molecule has 1 aromatic carbocycles. The lowest BCUT2D eigenvalue weighted by molar-refractivity contribution is -0.139. The minimum absolute atomic E-state index is 0. The number of alkyl halides is 2. The molecule has 142 valence electrons. The van der Waals surface area contributed by atoms with Crippen LogP contribution in [0.2, 0.25) is 0 Å². The lowest BCUT2D eigenvalue weighted by atomic mass is 10.2. The predicted molar refractivity (Wildman–Crippen MR) is 89.8 cm³/mol. The van der Waals surface area contributed by atoms with E-state index in [0.717, 1.165) is 12.1 Å². The number of carbonyl (C=O) groups excluding carboxylic acids is 1. The van der Waals surface area contributed by atoms with Crippen LogP contribution in [0.15, 0.2) is 29.2 Å². The maximum Gasteiger partial charge on any atom is 0.341 e. The highest BCUT2D eigenvalue weighted by Crippen LogP contribution is 2.20. The number of aliphatic carboxylic acids is 1. The normalized spacial score (nSPS) is 12.3. The molecule has 25 heavy (non-hydrogen) atoms. The van der Waals surface area contributed by atoms with Gasteiger partial charge in [0.15, 0.2) is 0 Å². The topological polar surface area (TPSA) is 113 Å². The molecular weight excluding hydrogens is 382 g/mol. The first-order chi connectivity index (χ1) is 11.2. The molecule has 1 atom stereocenters. The van der Waals surface area contributed by atoms with E-state index in [1.165, 1.54) is 12.1 Å². The number of nitrogens with one attached hydrogen (secondary N) is 2. The van der Waals surface area contributed by atoms with Crippen LogP contribution in [0.3, 0.4) is 0 Å². The zero-order valence-corrected chi connectivity index (χ0v) is 14.9. The number of rotatable bonds is 9. The monoisotopic (exact) mass is 400 g/mol. The first kappa shape index (κ1) is 23.2. The SMILES string of the molecule is CCCC(NCC(=O)Nc1ccc(S(=O)(=O)C(F)F)cc1)C(=O)O.Cl. The summed E-state index contributed by atoms with van der Waals surface area (Å²) in [6.45, 7) is 1.56. The fourth-order valence-electron chi connectivity index (χ4n) is 1.85. The lowest BCUT2D eigenvalue weighted by Crippen LogP contribution is -2.41. The summed E-state index contributed by atoms with van der Waals surface area (Å²) in [7, 11) is -4.68. The first-order valence-corrected chi connectivity index (χ1v) is 8.61. The third-order valence-electron chi connectivity index (χ3n) is 3.09. The summed E-state index contributed by atoms with van der Waals surface area (Å²) in [5, 5.41) is 13.9. The molecule has 0 aliphatic rings. The van der Waals surface area contributed by atoms with Gasteiger partial charge in [0.1, 0.15) is 6.04 Å². The van der Waals surface area contributed by atoms with Crippen molar-refractivity contribution in [3.63, 3.8) is 0 Å². The molecule has 0 aliphatic heterocycles. The Balaban J connectivity index is 0.00000576. The molecule has 3 N–H and O–H groups in total. The lowest BCUT2D eigenvalue weighted by Gasteiger charge is -2.13. The fraction of sp³-hybridized carbons (Fsp3) is 0.429. The van der Waals surface area contributed by atoms with Gasteiger partial charge in [-0.25, -0.2) is 8.42 Å². The maximum absolute atomic E-state index is 12.4. The van der Waals surface area contributed by atoms with E-state index in [1.807, 2.05) is 6.92 Å². The zero-order chi connectivity index (χ0) is 18.3. The molecule has 0 saturated carbocycles. The second kappa shape index (κ2) is 10.3. The van der Waals surface area contributed by atoms with E-state index < -0.39 is 38.4 Å². The molecule has 1 amide bonds. The molecule has 0 spiro atoms. The number of sulfone groups is 1. The molecule has 1 aromatic rings.